The number of rotatable bonds is 7. The van der Waals surface area contributed by atoms with Gasteiger partial charge in [0.05, 0.1) is 6.20 Å². The van der Waals surface area contributed by atoms with Crippen LogP contribution in [0.25, 0.3) is 0 Å². The molecule has 114 valence electrons. The van der Waals surface area contributed by atoms with Gasteiger partial charge in [-0.05, 0) is 43.0 Å². The van der Waals surface area contributed by atoms with Gasteiger partial charge in [-0.3, -0.25) is 4.68 Å². The second-order valence-corrected chi connectivity index (χ2v) is 5.26. The van der Waals surface area contributed by atoms with Gasteiger partial charge in [0.1, 0.15) is 11.6 Å². The van der Waals surface area contributed by atoms with Crippen molar-refractivity contribution in [2.45, 2.75) is 32.2 Å². The lowest BCUT2D eigenvalue weighted by molar-refractivity contribution is 0.477. The Hall–Kier alpha value is -1.75. The highest BCUT2D eigenvalue weighted by Gasteiger charge is 2.12. The summed E-state index contributed by atoms with van der Waals surface area (Å²) in [5.41, 5.74) is 1.72. The Morgan fingerprint density at radius 1 is 1.33 bits per heavy atom. The molecule has 0 saturated heterocycles. The Balaban J connectivity index is 1.97. The van der Waals surface area contributed by atoms with Gasteiger partial charge in [0, 0.05) is 25.4 Å². The molecule has 21 heavy (non-hydrogen) atoms. The van der Waals surface area contributed by atoms with Gasteiger partial charge in [-0.15, -0.1) is 0 Å². The van der Waals surface area contributed by atoms with Crippen molar-refractivity contribution in [3.63, 3.8) is 0 Å². The summed E-state index contributed by atoms with van der Waals surface area (Å²) in [6.07, 6.45) is 6.16. The van der Waals surface area contributed by atoms with Crippen LogP contribution in [0.3, 0.4) is 0 Å². The number of nitrogens with one attached hydrogen (secondary N) is 1. The minimum atomic E-state index is -0.536. The third-order valence-corrected chi connectivity index (χ3v) is 3.51. The van der Waals surface area contributed by atoms with E-state index in [1.807, 2.05) is 26.4 Å². The Labute approximate surface area is 124 Å². The monoisotopic (exact) mass is 293 g/mol. The molecule has 0 aliphatic carbocycles. The Morgan fingerprint density at radius 2 is 2.14 bits per heavy atom. The number of hydrogen-bond acceptors (Lipinski definition) is 2. The van der Waals surface area contributed by atoms with Crippen LogP contribution < -0.4 is 5.32 Å². The van der Waals surface area contributed by atoms with E-state index in [1.54, 1.807) is 4.68 Å². The zero-order chi connectivity index (χ0) is 15.2. The predicted octanol–water partition coefficient (Wildman–Crippen LogP) is 2.85. The van der Waals surface area contributed by atoms with E-state index in [2.05, 4.69) is 10.4 Å². The van der Waals surface area contributed by atoms with E-state index in [1.165, 1.54) is 17.7 Å². The van der Waals surface area contributed by atoms with Crippen molar-refractivity contribution in [2.75, 3.05) is 6.54 Å². The Morgan fingerprint density at radius 3 is 2.76 bits per heavy atom. The van der Waals surface area contributed by atoms with Gasteiger partial charge < -0.3 is 5.32 Å². The summed E-state index contributed by atoms with van der Waals surface area (Å²) in [6.45, 7) is 2.85. The van der Waals surface area contributed by atoms with Crippen LogP contribution in [0.2, 0.25) is 0 Å². The van der Waals surface area contributed by atoms with Crippen LogP contribution in [0.4, 0.5) is 8.78 Å². The van der Waals surface area contributed by atoms with Crippen LogP contribution in [0, 0.1) is 11.6 Å². The van der Waals surface area contributed by atoms with E-state index in [0.717, 1.165) is 25.5 Å². The molecule has 0 amide bonds. The van der Waals surface area contributed by atoms with Crippen molar-refractivity contribution >= 4 is 0 Å². The second-order valence-electron chi connectivity index (χ2n) is 5.26. The highest BCUT2D eigenvalue weighted by Crippen LogP contribution is 2.14. The van der Waals surface area contributed by atoms with Crippen LogP contribution in [0.15, 0.2) is 30.6 Å². The molecular formula is C16H21F2N3. The average Bonchev–Trinajstić information content (AvgIpc) is 2.85. The molecule has 0 bridgehead atoms. The van der Waals surface area contributed by atoms with Crippen molar-refractivity contribution < 1.29 is 8.78 Å². The van der Waals surface area contributed by atoms with Crippen LogP contribution in [-0.4, -0.2) is 22.4 Å². The van der Waals surface area contributed by atoms with Crippen molar-refractivity contribution in [1.82, 2.24) is 15.1 Å². The molecule has 1 aromatic heterocycles. The van der Waals surface area contributed by atoms with Crippen LogP contribution in [0.1, 0.15) is 24.5 Å². The van der Waals surface area contributed by atoms with Gasteiger partial charge in [0.25, 0.3) is 0 Å². The summed E-state index contributed by atoms with van der Waals surface area (Å²) in [5.74, 6) is -1.01. The highest BCUT2D eigenvalue weighted by molar-refractivity contribution is 5.19. The molecule has 0 fully saturated rings. The standard InChI is InChI=1S/C16H21F2N3/c1-3-19-15(7-4-12-10-20-21(2)11-12)8-13-5-6-14(17)9-16(13)18/h5-6,9-11,15,19H,3-4,7-8H2,1-2H3. The molecule has 1 N–H and O–H groups in total. The fourth-order valence-corrected chi connectivity index (χ4v) is 2.46. The number of hydrogen-bond donors (Lipinski definition) is 1. The van der Waals surface area contributed by atoms with Crippen LogP contribution in [0.5, 0.6) is 0 Å². The van der Waals surface area contributed by atoms with Gasteiger partial charge in [0.15, 0.2) is 0 Å². The Bertz CT molecular complexity index is 581. The Kier molecular flexibility index (Phi) is 5.44. The molecule has 0 aliphatic heterocycles. The summed E-state index contributed by atoms with van der Waals surface area (Å²) in [6, 6.07) is 3.94. The molecule has 0 radical (unpaired) electrons. The number of aromatic nitrogens is 2. The molecule has 1 atom stereocenters. The van der Waals surface area contributed by atoms with Gasteiger partial charge >= 0.3 is 0 Å². The minimum absolute atomic E-state index is 0.162. The number of halogens is 2. The van der Waals surface area contributed by atoms with Gasteiger partial charge in [-0.25, -0.2) is 8.78 Å². The molecular weight excluding hydrogens is 272 g/mol. The fraction of sp³-hybridized carbons (Fsp3) is 0.438. The molecule has 3 nitrogen and oxygen atoms in total. The summed E-state index contributed by atoms with van der Waals surface area (Å²) in [5, 5.41) is 7.51. The number of likely N-dealkylation sites (N-methyl/N-ethyl adjacent to an activating group) is 1. The summed E-state index contributed by atoms with van der Waals surface area (Å²) >= 11 is 0. The maximum Gasteiger partial charge on any atom is 0.129 e. The molecule has 1 unspecified atom stereocenters. The molecule has 2 rings (SSSR count). The number of nitrogens with zero attached hydrogens (tertiary/aromatic N) is 2. The first-order valence-electron chi connectivity index (χ1n) is 7.23. The van der Waals surface area contributed by atoms with E-state index in [0.29, 0.717) is 12.0 Å². The zero-order valence-corrected chi connectivity index (χ0v) is 12.4. The largest absolute Gasteiger partial charge is 0.314 e. The van der Waals surface area contributed by atoms with E-state index in [9.17, 15) is 8.78 Å². The normalized spacial score (nSPS) is 12.6. The maximum atomic E-state index is 13.7. The topological polar surface area (TPSA) is 29.9 Å². The van der Waals surface area contributed by atoms with Crippen LogP contribution >= 0.6 is 0 Å². The molecule has 1 heterocycles. The van der Waals surface area contributed by atoms with Gasteiger partial charge in [-0.1, -0.05) is 13.0 Å². The molecule has 2 aromatic rings. The zero-order valence-electron chi connectivity index (χ0n) is 12.4. The lowest BCUT2D eigenvalue weighted by Crippen LogP contribution is -2.31. The lowest BCUT2D eigenvalue weighted by Gasteiger charge is -2.18. The van der Waals surface area contributed by atoms with Crippen molar-refractivity contribution in [2.24, 2.45) is 7.05 Å². The third-order valence-electron chi connectivity index (χ3n) is 3.51. The van der Waals surface area contributed by atoms with Crippen molar-refractivity contribution in [3.05, 3.63) is 53.4 Å². The second kappa shape index (κ2) is 7.31. The third kappa shape index (κ3) is 4.63. The number of benzene rings is 1. The van der Waals surface area contributed by atoms with Crippen molar-refractivity contribution in [1.29, 1.82) is 0 Å². The molecule has 0 aliphatic rings. The van der Waals surface area contributed by atoms with Gasteiger partial charge in [0.2, 0.25) is 0 Å². The smallest absolute Gasteiger partial charge is 0.129 e. The van der Waals surface area contributed by atoms with Gasteiger partial charge in [-0.2, -0.15) is 5.10 Å². The first-order chi connectivity index (χ1) is 10.1. The quantitative estimate of drug-likeness (QED) is 0.850. The predicted molar refractivity (Wildman–Crippen MR) is 79.1 cm³/mol. The summed E-state index contributed by atoms with van der Waals surface area (Å²) in [4.78, 5) is 0. The summed E-state index contributed by atoms with van der Waals surface area (Å²) in [7, 11) is 1.89. The van der Waals surface area contributed by atoms with E-state index < -0.39 is 11.6 Å². The maximum absolute atomic E-state index is 13.7. The summed E-state index contributed by atoms with van der Waals surface area (Å²) < 4.78 is 28.5. The average molecular weight is 293 g/mol. The van der Waals surface area contributed by atoms with E-state index >= 15 is 0 Å². The van der Waals surface area contributed by atoms with Crippen LogP contribution in [-0.2, 0) is 19.9 Å². The number of aryl methyl sites for hydroxylation is 2. The molecule has 1 aromatic carbocycles. The molecule has 0 spiro atoms. The minimum Gasteiger partial charge on any atom is -0.314 e. The van der Waals surface area contributed by atoms with E-state index in [-0.39, 0.29) is 6.04 Å². The molecule has 5 heteroatoms. The fourth-order valence-electron chi connectivity index (χ4n) is 2.46. The molecule has 0 saturated carbocycles. The highest BCUT2D eigenvalue weighted by atomic mass is 19.1. The van der Waals surface area contributed by atoms with E-state index in [4.69, 9.17) is 0 Å². The lowest BCUT2D eigenvalue weighted by atomic mass is 9.99. The van der Waals surface area contributed by atoms with Crippen molar-refractivity contribution in [3.8, 4) is 0 Å². The first-order valence-corrected chi connectivity index (χ1v) is 7.23. The first kappa shape index (κ1) is 15.6. The SMILES string of the molecule is CCNC(CCc1cnn(C)c1)Cc1ccc(F)cc1F.